The smallest absolute Gasteiger partial charge is 0.435 e. The molecular formula is C14H20N2O3. The van der Waals surface area contributed by atoms with Crippen LogP contribution in [0.5, 0.6) is 0 Å². The lowest BCUT2D eigenvalue weighted by Gasteiger charge is -2.19. The van der Waals surface area contributed by atoms with E-state index in [0.717, 1.165) is 12.0 Å². The summed E-state index contributed by atoms with van der Waals surface area (Å²) in [6.07, 6.45) is 4.36. The van der Waals surface area contributed by atoms with Crippen LogP contribution in [-0.4, -0.2) is 42.3 Å². The van der Waals surface area contributed by atoms with Crippen LogP contribution in [0.1, 0.15) is 26.7 Å². The number of nitrogens with zero attached hydrogens (tertiary/aromatic N) is 2. The van der Waals surface area contributed by atoms with Gasteiger partial charge in [0.25, 0.3) is 0 Å². The third kappa shape index (κ3) is 4.35. The summed E-state index contributed by atoms with van der Waals surface area (Å²) < 4.78 is 4.82. The van der Waals surface area contributed by atoms with Gasteiger partial charge in [-0.2, -0.15) is 4.99 Å². The fourth-order valence-electron chi connectivity index (χ4n) is 1.84. The van der Waals surface area contributed by atoms with Gasteiger partial charge in [-0.3, -0.25) is 4.79 Å². The molecule has 1 atom stereocenters. The minimum absolute atomic E-state index is 0.0594. The summed E-state index contributed by atoms with van der Waals surface area (Å²) >= 11 is 0. The molecule has 1 aliphatic rings. The van der Waals surface area contributed by atoms with Gasteiger partial charge in [-0.15, -0.1) is 0 Å². The predicted molar refractivity (Wildman–Crippen MR) is 74.2 cm³/mol. The van der Waals surface area contributed by atoms with Crippen LogP contribution in [0, 0.1) is 0 Å². The van der Waals surface area contributed by atoms with Crippen molar-refractivity contribution in [1.29, 1.82) is 0 Å². The Morgan fingerprint density at radius 3 is 2.79 bits per heavy atom. The molecule has 1 amide bonds. The van der Waals surface area contributed by atoms with Gasteiger partial charge in [0.15, 0.2) is 5.78 Å². The summed E-state index contributed by atoms with van der Waals surface area (Å²) in [7, 11) is 1.86. The highest BCUT2D eigenvalue weighted by molar-refractivity contribution is 5.94. The van der Waals surface area contributed by atoms with Gasteiger partial charge in [-0.05, 0) is 25.8 Å². The van der Waals surface area contributed by atoms with Crippen LogP contribution in [-0.2, 0) is 9.53 Å². The molecule has 19 heavy (non-hydrogen) atoms. The zero-order chi connectivity index (χ0) is 14.4. The Morgan fingerprint density at radius 2 is 2.21 bits per heavy atom. The van der Waals surface area contributed by atoms with Crippen molar-refractivity contribution in [3.05, 3.63) is 24.3 Å². The molecule has 0 radical (unpaired) electrons. The minimum atomic E-state index is -0.602. The van der Waals surface area contributed by atoms with Crippen LogP contribution in [0.3, 0.4) is 0 Å². The second kappa shape index (κ2) is 6.87. The molecule has 1 saturated heterocycles. The quantitative estimate of drug-likeness (QED) is 0.577. The zero-order valence-corrected chi connectivity index (χ0v) is 11.7. The summed E-state index contributed by atoms with van der Waals surface area (Å²) in [5.74, 6) is 0.746. The summed E-state index contributed by atoms with van der Waals surface area (Å²) in [6.45, 7) is 6.96. The molecule has 0 unspecified atom stereocenters. The number of Topliss-reactive ketones (excluding diaryl/α,β-unsaturated/α-hetero) is 1. The maximum atomic E-state index is 11.4. The average Bonchev–Trinajstić information content (AvgIpc) is 2.69. The molecule has 0 aromatic rings. The highest BCUT2D eigenvalue weighted by Crippen LogP contribution is 2.20. The Kier molecular flexibility index (Phi) is 5.48. The van der Waals surface area contributed by atoms with Crippen molar-refractivity contribution in [3.8, 4) is 0 Å². The van der Waals surface area contributed by atoms with E-state index < -0.39 is 6.09 Å². The molecule has 0 N–H and O–H groups in total. The Hall–Kier alpha value is -1.91. The fraction of sp³-hybridized carbons (Fsp3) is 0.500. The molecule has 1 heterocycles. The second-order valence-corrected chi connectivity index (χ2v) is 4.52. The van der Waals surface area contributed by atoms with Crippen molar-refractivity contribution >= 4 is 17.7 Å². The summed E-state index contributed by atoms with van der Waals surface area (Å²) in [4.78, 5) is 28.4. The van der Waals surface area contributed by atoms with Crippen LogP contribution in [0.2, 0.25) is 0 Å². The van der Waals surface area contributed by atoms with E-state index >= 15 is 0 Å². The number of likely N-dealkylation sites (tertiary alicyclic amines) is 1. The maximum absolute atomic E-state index is 11.4. The number of ether oxygens (including phenoxy) is 1. The molecular weight excluding hydrogens is 244 g/mol. The molecule has 0 aromatic heterocycles. The molecule has 5 heteroatoms. The van der Waals surface area contributed by atoms with E-state index in [4.69, 9.17) is 4.74 Å². The first-order valence-corrected chi connectivity index (χ1v) is 6.23. The van der Waals surface area contributed by atoms with Crippen molar-refractivity contribution in [2.45, 2.75) is 32.7 Å². The van der Waals surface area contributed by atoms with Gasteiger partial charge in [0.05, 0.1) is 0 Å². The fourth-order valence-corrected chi connectivity index (χ4v) is 1.84. The summed E-state index contributed by atoms with van der Waals surface area (Å²) in [5.41, 5.74) is 0.729. The monoisotopic (exact) mass is 264 g/mol. The molecule has 0 saturated carbocycles. The number of ketones is 1. The van der Waals surface area contributed by atoms with Gasteiger partial charge in [0.2, 0.25) is 0 Å². The summed E-state index contributed by atoms with van der Waals surface area (Å²) in [5, 5.41) is 0. The molecule has 104 valence electrons. The molecule has 0 aromatic carbocycles. The van der Waals surface area contributed by atoms with Gasteiger partial charge in [0, 0.05) is 19.5 Å². The summed E-state index contributed by atoms with van der Waals surface area (Å²) in [6, 6.07) is 0.106. The molecule has 0 aliphatic carbocycles. The van der Waals surface area contributed by atoms with E-state index in [9.17, 15) is 9.59 Å². The number of amidine groups is 1. The molecule has 5 nitrogen and oxygen atoms in total. The van der Waals surface area contributed by atoms with E-state index in [0.29, 0.717) is 12.3 Å². The number of carbonyl (C=O) groups excluding carboxylic acids is 2. The molecule has 1 fully saturated rings. The Bertz CT molecular complexity index is 438. The number of rotatable bonds is 4. The van der Waals surface area contributed by atoms with Crippen LogP contribution in [0.15, 0.2) is 29.3 Å². The first-order chi connectivity index (χ1) is 8.95. The van der Waals surface area contributed by atoms with Crippen LogP contribution in [0.25, 0.3) is 0 Å². The molecule has 1 rings (SSSR count). The van der Waals surface area contributed by atoms with Crippen LogP contribution >= 0.6 is 0 Å². The van der Waals surface area contributed by atoms with E-state index in [1.807, 2.05) is 18.0 Å². The van der Waals surface area contributed by atoms with Gasteiger partial charge >= 0.3 is 6.09 Å². The van der Waals surface area contributed by atoms with Crippen LogP contribution < -0.4 is 0 Å². The number of aliphatic imine (C=N–C) groups is 1. The SMILES string of the molecule is C=CCOC(=O)N=C1CC[C@@H](C=C(C)C(C)=O)N1C. The van der Waals surface area contributed by atoms with Crippen molar-refractivity contribution in [2.75, 3.05) is 13.7 Å². The van der Waals surface area contributed by atoms with Gasteiger partial charge in [-0.1, -0.05) is 18.7 Å². The Labute approximate surface area is 113 Å². The van der Waals surface area contributed by atoms with E-state index in [-0.39, 0.29) is 18.4 Å². The number of hydrogen-bond acceptors (Lipinski definition) is 3. The zero-order valence-electron chi connectivity index (χ0n) is 11.7. The van der Waals surface area contributed by atoms with Crippen molar-refractivity contribution in [2.24, 2.45) is 4.99 Å². The second-order valence-electron chi connectivity index (χ2n) is 4.52. The van der Waals surface area contributed by atoms with Crippen LogP contribution in [0.4, 0.5) is 4.79 Å². The number of hydrogen-bond donors (Lipinski definition) is 0. The predicted octanol–water partition coefficient (Wildman–Crippen LogP) is 2.34. The number of amides is 1. The largest absolute Gasteiger partial charge is 0.444 e. The first kappa shape index (κ1) is 15.1. The maximum Gasteiger partial charge on any atom is 0.435 e. The van der Waals surface area contributed by atoms with Crippen molar-refractivity contribution < 1.29 is 14.3 Å². The standard InChI is InChI=1S/C14H20N2O3/c1-5-8-19-14(18)15-13-7-6-12(16(13)4)9-10(2)11(3)17/h5,9,12H,1,6-8H2,2-4H3/t12-/m0/s1. The average molecular weight is 264 g/mol. The minimum Gasteiger partial charge on any atom is -0.444 e. The topological polar surface area (TPSA) is 59.0 Å². The normalized spacial score (nSPS) is 21.6. The highest BCUT2D eigenvalue weighted by atomic mass is 16.5. The van der Waals surface area contributed by atoms with Crippen molar-refractivity contribution in [3.63, 3.8) is 0 Å². The molecule has 0 spiro atoms. The molecule has 1 aliphatic heterocycles. The van der Waals surface area contributed by atoms with Gasteiger partial charge < -0.3 is 9.64 Å². The lowest BCUT2D eigenvalue weighted by atomic mass is 10.1. The first-order valence-electron chi connectivity index (χ1n) is 6.23. The number of carbonyl (C=O) groups is 2. The Morgan fingerprint density at radius 1 is 1.53 bits per heavy atom. The molecule has 0 bridgehead atoms. The van der Waals surface area contributed by atoms with E-state index in [1.54, 1.807) is 13.8 Å². The Balaban J connectivity index is 2.69. The number of allylic oxidation sites excluding steroid dienone is 1. The lowest BCUT2D eigenvalue weighted by Crippen LogP contribution is -2.28. The number of likely N-dealkylation sites (N-methyl/N-ethyl adjacent to an activating group) is 1. The third-order valence-electron chi connectivity index (χ3n) is 3.11. The highest BCUT2D eigenvalue weighted by Gasteiger charge is 2.25. The van der Waals surface area contributed by atoms with Gasteiger partial charge in [-0.25, -0.2) is 4.79 Å². The lowest BCUT2D eigenvalue weighted by molar-refractivity contribution is -0.113. The van der Waals surface area contributed by atoms with E-state index in [2.05, 4.69) is 11.6 Å². The third-order valence-corrected chi connectivity index (χ3v) is 3.11. The van der Waals surface area contributed by atoms with Gasteiger partial charge in [0.1, 0.15) is 12.4 Å². The van der Waals surface area contributed by atoms with Crippen molar-refractivity contribution in [1.82, 2.24) is 4.90 Å². The van der Waals surface area contributed by atoms with E-state index in [1.165, 1.54) is 6.08 Å².